The number of carboxylic acids is 1. The second-order valence-electron chi connectivity index (χ2n) is 3.35. The van der Waals surface area contributed by atoms with Gasteiger partial charge in [0, 0.05) is 12.3 Å². The molecule has 2 atom stereocenters. The fourth-order valence-electron chi connectivity index (χ4n) is 1.58. The van der Waals surface area contributed by atoms with Crippen LogP contribution in [-0.4, -0.2) is 22.5 Å². The fourth-order valence-corrected chi connectivity index (χ4v) is 1.58. The van der Waals surface area contributed by atoms with E-state index < -0.39 is 11.5 Å². The molecule has 13 heavy (non-hydrogen) atoms. The highest BCUT2D eigenvalue weighted by molar-refractivity contribution is 5.91. The second kappa shape index (κ2) is 3.20. The van der Waals surface area contributed by atoms with E-state index in [-0.39, 0.29) is 18.2 Å². The van der Waals surface area contributed by atoms with Crippen molar-refractivity contribution >= 4 is 11.9 Å². The molecular weight excluding hydrogens is 170 g/mol. The van der Waals surface area contributed by atoms with Crippen molar-refractivity contribution in [2.45, 2.75) is 25.3 Å². The molecule has 0 unspecified atom stereocenters. The van der Waals surface area contributed by atoms with Crippen LogP contribution in [0.3, 0.4) is 0 Å². The van der Waals surface area contributed by atoms with Crippen LogP contribution in [0.1, 0.15) is 19.8 Å². The molecule has 1 rings (SSSR count). The van der Waals surface area contributed by atoms with Crippen LogP contribution >= 0.6 is 0 Å². The average molecular weight is 183 g/mol. The number of aliphatic carboxylic acids is 1. The van der Waals surface area contributed by atoms with Gasteiger partial charge in [-0.2, -0.15) is 0 Å². The van der Waals surface area contributed by atoms with Gasteiger partial charge < -0.3 is 10.4 Å². The number of amides is 1. The van der Waals surface area contributed by atoms with Crippen molar-refractivity contribution in [1.29, 1.82) is 0 Å². The molecule has 1 aliphatic heterocycles. The lowest BCUT2D eigenvalue weighted by atomic mass is 9.84. The summed E-state index contributed by atoms with van der Waals surface area (Å²) in [4.78, 5) is 22.0. The van der Waals surface area contributed by atoms with Gasteiger partial charge in [-0.25, -0.2) is 4.79 Å². The maximum Gasteiger partial charge on any atom is 0.330 e. The lowest BCUT2D eigenvalue weighted by molar-refractivity contribution is -0.146. The molecule has 1 amide bonds. The molecule has 2 N–H and O–H groups in total. The van der Waals surface area contributed by atoms with E-state index in [1.807, 2.05) is 0 Å². The summed E-state index contributed by atoms with van der Waals surface area (Å²) in [6.07, 6.45) is 2.18. The zero-order valence-corrected chi connectivity index (χ0v) is 7.54. The Bertz CT molecular complexity index is 262. The molecule has 0 aromatic heterocycles. The molecule has 0 aromatic rings. The second-order valence-corrected chi connectivity index (χ2v) is 3.35. The van der Waals surface area contributed by atoms with Gasteiger partial charge in [0.15, 0.2) is 0 Å². The van der Waals surface area contributed by atoms with Gasteiger partial charge >= 0.3 is 5.97 Å². The van der Waals surface area contributed by atoms with E-state index in [1.165, 1.54) is 0 Å². The van der Waals surface area contributed by atoms with Crippen molar-refractivity contribution in [3.63, 3.8) is 0 Å². The maximum absolute atomic E-state index is 11.0. The molecule has 1 heterocycles. The zero-order valence-electron chi connectivity index (χ0n) is 7.54. The van der Waals surface area contributed by atoms with Crippen molar-refractivity contribution in [1.82, 2.24) is 5.32 Å². The summed E-state index contributed by atoms with van der Waals surface area (Å²) in [6.45, 7) is 5.29. The Morgan fingerprint density at radius 2 is 2.46 bits per heavy atom. The lowest BCUT2D eigenvalue weighted by Crippen LogP contribution is -2.53. The van der Waals surface area contributed by atoms with Gasteiger partial charge in [-0.1, -0.05) is 13.0 Å². The summed E-state index contributed by atoms with van der Waals surface area (Å²) in [5.74, 6) is -1.43. The van der Waals surface area contributed by atoms with E-state index in [2.05, 4.69) is 11.9 Å². The van der Waals surface area contributed by atoms with Crippen LogP contribution in [0.5, 0.6) is 0 Å². The van der Waals surface area contributed by atoms with Crippen LogP contribution < -0.4 is 5.32 Å². The van der Waals surface area contributed by atoms with Crippen LogP contribution in [0.4, 0.5) is 0 Å². The Labute approximate surface area is 76.6 Å². The number of carbonyl (C=O) groups excluding carboxylic acids is 1. The third-order valence-electron chi connectivity index (χ3n) is 2.62. The molecular formula is C9H13NO3. The number of carbonyl (C=O) groups is 2. The molecule has 4 nitrogen and oxygen atoms in total. The first-order valence-electron chi connectivity index (χ1n) is 4.20. The summed E-state index contributed by atoms with van der Waals surface area (Å²) in [5.41, 5.74) is -1.13. The van der Waals surface area contributed by atoms with E-state index in [1.54, 1.807) is 13.0 Å². The summed E-state index contributed by atoms with van der Waals surface area (Å²) in [6, 6.07) is 0. The lowest BCUT2D eigenvalue weighted by Gasteiger charge is -2.28. The summed E-state index contributed by atoms with van der Waals surface area (Å²) in [7, 11) is 0. The van der Waals surface area contributed by atoms with Gasteiger partial charge in [0.1, 0.15) is 5.54 Å². The predicted octanol–water partition coefficient (Wildman–Crippen LogP) is 0.542. The molecule has 0 bridgehead atoms. The summed E-state index contributed by atoms with van der Waals surface area (Å²) < 4.78 is 0. The molecule has 1 fully saturated rings. The van der Waals surface area contributed by atoms with Crippen molar-refractivity contribution in [3.05, 3.63) is 12.7 Å². The Balaban J connectivity index is 2.95. The molecule has 0 saturated carbocycles. The molecule has 0 spiro atoms. The molecule has 4 heteroatoms. The van der Waals surface area contributed by atoms with Crippen LogP contribution in [0.25, 0.3) is 0 Å². The van der Waals surface area contributed by atoms with E-state index in [4.69, 9.17) is 5.11 Å². The third kappa shape index (κ3) is 1.43. The monoisotopic (exact) mass is 183 g/mol. The Morgan fingerprint density at radius 1 is 1.85 bits per heavy atom. The van der Waals surface area contributed by atoms with E-state index in [9.17, 15) is 9.59 Å². The Hall–Kier alpha value is -1.32. The molecule has 0 aromatic carbocycles. The first kappa shape index (κ1) is 9.77. The topological polar surface area (TPSA) is 66.4 Å². The summed E-state index contributed by atoms with van der Waals surface area (Å²) in [5, 5.41) is 11.5. The highest BCUT2D eigenvalue weighted by Gasteiger charge is 2.47. The van der Waals surface area contributed by atoms with E-state index >= 15 is 0 Å². The van der Waals surface area contributed by atoms with Crippen LogP contribution in [0, 0.1) is 5.92 Å². The average Bonchev–Trinajstić information content (AvgIpc) is 2.47. The fraction of sp³-hybridized carbons (Fsp3) is 0.556. The highest BCUT2D eigenvalue weighted by atomic mass is 16.4. The molecule has 1 aliphatic rings. The van der Waals surface area contributed by atoms with Crippen molar-refractivity contribution in [2.24, 2.45) is 5.92 Å². The van der Waals surface area contributed by atoms with Gasteiger partial charge in [0.25, 0.3) is 0 Å². The standard InChI is InChI=1S/C9H13NO3/c1-3-6(2)9(8(12)13)5-4-7(11)10-9/h3,6H,1,4-5H2,2H3,(H,10,11)(H,12,13)/t6-,9+/m0/s1. The number of carboxylic acid groups (broad SMARTS) is 1. The quantitative estimate of drug-likeness (QED) is 0.627. The van der Waals surface area contributed by atoms with Gasteiger partial charge in [0.2, 0.25) is 5.91 Å². The maximum atomic E-state index is 11.0. The first-order valence-corrected chi connectivity index (χ1v) is 4.20. The summed E-state index contributed by atoms with van der Waals surface area (Å²) >= 11 is 0. The normalized spacial score (nSPS) is 29.5. The predicted molar refractivity (Wildman–Crippen MR) is 47.1 cm³/mol. The number of rotatable bonds is 3. The smallest absolute Gasteiger partial charge is 0.330 e. The number of hydrogen-bond acceptors (Lipinski definition) is 2. The minimum atomic E-state index is -1.13. The van der Waals surface area contributed by atoms with Crippen molar-refractivity contribution < 1.29 is 14.7 Å². The van der Waals surface area contributed by atoms with Gasteiger partial charge in [0.05, 0.1) is 0 Å². The van der Waals surface area contributed by atoms with Gasteiger partial charge in [-0.15, -0.1) is 6.58 Å². The number of nitrogens with one attached hydrogen (secondary N) is 1. The molecule has 72 valence electrons. The van der Waals surface area contributed by atoms with Crippen molar-refractivity contribution in [3.8, 4) is 0 Å². The highest BCUT2D eigenvalue weighted by Crippen LogP contribution is 2.29. The Morgan fingerprint density at radius 3 is 2.77 bits per heavy atom. The minimum Gasteiger partial charge on any atom is -0.479 e. The minimum absolute atomic E-state index is 0.198. The van der Waals surface area contributed by atoms with Crippen molar-refractivity contribution in [2.75, 3.05) is 0 Å². The molecule has 0 radical (unpaired) electrons. The SMILES string of the molecule is C=C[C@H](C)[C@@]1(C(=O)O)CCC(=O)N1. The number of hydrogen-bond donors (Lipinski definition) is 2. The molecule has 0 aliphatic carbocycles. The van der Waals surface area contributed by atoms with E-state index in [0.29, 0.717) is 6.42 Å². The first-order chi connectivity index (χ1) is 6.03. The van der Waals surface area contributed by atoms with Crippen LogP contribution in [-0.2, 0) is 9.59 Å². The van der Waals surface area contributed by atoms with Crippen LogP contribution in [0.2, 0.25) is 0 Å². The zero-order chi connectivity index (χ0) is 10.1. The van der Waals surface area contributed by atoms with Gasteiger partial charge in [-0.3, -0.25) is 4.79 Å². The largest absolute Gasteiger partial charge is 0.479 e. The third-order valence-corrected chi connectivity index (χ3v) is 2.62. The van der Waals surface area contributed by atoms with Crippen LogP contribution in [0.15, 0.2) is 12.7 Å². The Kier molecular flexibility index (Phi) is 2.40. The van der Waals surface area contributed by atoms with E-state index in [0.717, 1.165) is 0 Å². The van der Waals surface area contributed by atoms with Gasteiger partial charge in [-0.05, 0) is 6.42 Å². The molecule has 1 saturated heterocycles.